The van der Waals surface area contributed by atoms with Crippen molar-refractivity contribution in [1.29, 1.82) is 0 Å². The summed E-state index contributed by atoms with van der Waals surface area (Å²) in [6, 6.07) is 1.57. The van der Waals surface area contributed by atoms with Crippen LogP contribution in [0.1, 0.15) is 25.6 Å². The number of fused-ring (bicyclic) bond motifs is 1. The van der Waals surface area contributed by atoms with E-state index in [2.05, 4.69) is 25.6 Å². The van der Waals surface area contributed by atoms with Gasteiger partial charge in [0.25, 0.3) is 0 Å². The highest BCUT2D eigenvalue weighted by Gasteiger charge is 2.68. The van der Waals surface area contributed by atoms with Crippen molar-refractivity contribution in [3.05, 3.63) is 35.0 Å². The normalized spacial score (nSPS) is 26.0. The van der Waals surface area contributed by atoms with Gasteiger partial charge in [-0.3, -0.25) is 4.98 Å². The number of aliphatic hydroxyl groups excluding tert-OH is 1. The van der Waals surface area contributed by atoms with Crippen LogP contribution in [0.25, 0.3) is 0 Å². The average Bonchev–Trinajstić information content (AvgIpc) is 2.98. The predicted octanol–water partition coefficient (Wildman–Crippen LogP) is 2.55. The third-order valence-electron chi connectivity index (χ3n) is 5.72. The number of aromatic nitrogens is 3. The van der Waals surface area contributed by atoms with Crippen molar-refractivity contribution in [2.75, 3.05) is 23.3 Å². The first kappa shape index (κ1) is 19.6. The fraction of sp³-hybridized carbons (Fsp3) is 0.444. The number of amides is 1. The molecule has 4 rings (SSSR count). The Hall–Kier alpha value is -2.72. The zero-order valence-electron chi connectivity index (χ0n) is 15.7. The Kier molecular flexibility index (Phi) is 4.70. The number of rotatable bonds is 5. The molecule has 11 heteroatoms. The Morgan fingerprint density at radius 3 is 2.86 bits per heavy atom. The quantitative estimate of drug-likeness (QED) is 0.579. The summed E-state index contributed by atoms with van der Waals surface area (Å²) in [5.74, 6) is -0.0278. The van der Waals surface area contributed by atoms with Crippen LogP contribution in [0.5, 0.6) is 0 Å². The van der Waals surface area contributed by atoms with Crippen LogP contribution in [0.2, 0.25) is 5.02 Å². The van der Waals surface area contributed by atoms with Crippen LogP contribution in [0.3, 0.4) is 0 Å². The van der Waals surface area contributed by atoms with Crippen LogP contribution in [-0.2, 0) is 0 Å². The monoisotopic (exact) mass is 422 g/mol. The van der Waals surface area contributed by atoms with Crippen molar-refractivity contribution >= 4 is 35.1 Å². The third-order valence-corrected chi connectivity index (χ3v) is 6.03. The fourth-order valence-electron chi connectivity index (χ4n) is 4.13. The van der Waals surface area contributed by atoms with Crippen molar-refractivity contribution in [3.63, 3.8) is 0 Å². The summed E-state index contributed by atoms with van der Waals surface area (Å²) in [6.07, 6.45) is 0.644. The van der Waals surface area contributed by atoms with Crippen LogP contribution >= 0.6 is 11.6 Å². The second-order valence-corrected chi connectivity index (χ2v) is 7.91. The third kappa shape index (κ3) is 3.42. The number of pyridine rings is 1. The summed E-state index contributed by atoms with van der Waals surface area (Å²) >= 11 is 6.12. The van der Waals surface area contributed by atoms with Crippen LogP contribution < -0.4 is 15.5 Å². The van der Waals surface area contributed by atoms with E-state index in [4.69, 9.17) is 16.7 Å². The van der Waals surface area contributed by atoms with E-state index in [1.54, 1.807) is 17.9 Å². The molecule has 0 radical (unpaired) electrons. The lowest BCUT2D eigenvalue weighted by Crippen LogP contribution is -2.43. The molecule has 3 heterocycles. The van der Waals surface area contributed by atoms with Crippen molar-refractivity contribution in [3.8, 4) is 0 Å². The molecule has 9 nitrogen and oxygen atoms in total. The molecule has 1 aliphatic heterocycles. The lowest BCUT2D eigenvalue weighted by atomic mass is 10.2. The molecule has 2 aliphatic rings. The van der Waals surface area contributed by atoms with E-state index >= 15 is 0 Å². The number of nitrogens with one attached hydrogen (secondary N) is 2. The molecule has 0 unspecified atom stereocenters. The fourth-order valence-corrected chi connectivity index (χ4v) is 4.45. The standard InChI is InChI=1S/C18H20ClFN6O3/c1-8-11-6-26(7-18(8,11)25-17(28)29)15-13(20)5-22-16(24-15)23-10-3-12(19)14(9(2)27)21-4-10/h3-5,8-9,11,25,27H,6-7H2,1-2H3,(H,28,29)(H,22,23,24)/t8-,9+,11+,18-/m0/s1. The van der Waals surface area contributed by atoms with E-state index in [1.165, 1.54) is 6.20 Å². The van der Waals surface area contributed by atoms with E-state index in [9.17, 15) is 14.3 Å². The molecule has 1 saturated carbocycles. The van der Waals surface area contributed by atoms with Gasteiger partial charge in [0.1, 0.15) is 0 Å². The van der Waals surface area contributed by atoms with Gasteiger partial charge in [-0.1, -0.05) is 18.5 Å². The summed E-state index contributed by atoms with van der Waals surface area (Å²) in [5.41, 5.74) is 0.267. The molecule has 2 aromatic rings. The zero-order valence-corrected chi connectivity index (χ0v) is 16.5. The largest absolute Gasteiger partial charge is 0.465 e. The Morgan fingerprint density at radius 1 is 1.45 bits per heavy atom. The average molecular weight is 423 g/mol. The Bertz CT molecular complexity index is 977. The van der Waals surface area contributed by atoms with Gasteiger partial charge in [-0.25, -0.2) is 14.2 Å². The summed E-state index contributed by atoms with van der Waals surface area (Å²) < 4.78 is 14.4. The Labute approximate surface area is 170 Å². The maximum absolute atomic E-state index is 14.4. The number of nitrogens with zero attached hydrogens (tertiary/aromatic N) is 4. The van der Waals surface area contributed by atoms with Crippen molar-refractivity contribution < 1.29 is 19.4 Å². The lowest BCUT2D eigenvalue weighted by molar-refractivity contribution is 0.187. The zero-order chi connectivity index (χ0) is 20.9. The minimum Gasteiger partial charge on any atom is -0.465 e. The van der Waals surface area contributed by atoms with E-state index in [0.717, 1.165) is 6.20 Å². The molecule has 2 aromatic heterocycles. The molecule has 154 valence electrons. The summed E-state index contributed by atoms with van der Waals surface area (Å²) in [6.45, 7) is 4.39. The highest BCUT2D eigenvalue weighted by Crippen LogP contribution is 2.55. The molecule has 1 saturated heterocycles. The number of aliphatic hydroxyl groups is 1. The molecule has 4 N–H and O–H groups in total. The van der Waals surface area contributed by atoms with E-state index in [1.807, 2.05) is 6.92 Å². The van der Waals surface area contributed by atoms with Crippen molar-refractivity contribution in [1.82, 2.24) is 20.3 Å². The van der Waals surface area contributed by atoms with E-state index in [0.29, 0.717) is 24.5 Å². The van der Waals surface area contributed by atoms with Gasteiger partial charge in [-0.2, -0.15) is 4.98 Å². The first-order valence-electron chi connectivity index (χ1n) is 9.10. The molecule has 0 aromatic carbocycles. The number of piperidine rings is 1. The van der Waals surface area contributed by atoms with Crippen molar-refractivity contribution in [2.24, 2.45) is 11.8 Å². The predicted molar refractivity (Wildman–Crippen MR) is 104 cm³/mol. The van der Waals surface area contributed by atoms with Gasteiger partial charge in [0, 0.05) is 19.0 Å². The minimum absolute atomic E-state index is 0.105. The molecular formula is C18H20ClFN6O3. The Morgan fingerprint density at radius 2 is 2.21 bits per heavy atom. The molecule has 1 aliphatic carbocycles. The highest BCUT2D eigenvalue weighted by molar-refractivity contribution is 6.31. The van der Waals surface area contributed by atoms with Crippen LogP contribution in [0, 0.1) is 17.7 Å². The smallest absolute Gasteiger partial charge is 0.405 e. The molecule has 0 spiro atoms. The van der Waals surface area contributed by atoms with Crippen LogP contribution in [0.15, 0.2) is 18.5 Å². The number of hydrogen-bond acceptors (Lipinski definition) is 7. The maximum atomic E-state index is 14.4. The SMILES string of the molecule is C[C@@H](O)c1ncc(Nc2ncc(F)c(N3C[C@@H]4[C@H](C)[C@@]4(NC(=O)O)C3)n2)cc1Cl. The van der Waals surface area contributed by atoms with Gasteiger partial charge in [0.15, 0.2) is 11.6 Å². The molecule has 0 bridgehead atoms. The molecule has 1 amide bonds. The highest BCUT2D eigenvalue weighted by atomic mass is 35.5. The summed E-state index contributed by atoms with van der Waals surface area (Å²) in [4.78, 5) is 25.2. The number of carbonyl (C=O) groups is 1. The Balaban J connectivity index is 1.53. The second kappa shape index (κ2) is 6.96. The second-order valence-electron chi connectivity index (χ2n) is 7.50. The molecule has 29 heavy (non-hydrogen) atoms. The van der Waals surface area contributed by atoms with E-state index < -0.39 is 23.6 Å². The number of anilines is 3. The maximum Gasteiger partial charge on any atom is 0.405 e. The number of carboxylic acid groups (broad SMARTS) is 1. The van der Waals surface area contributed by atoms with Crippen LogP contribution in [-0.4, -0.2) is 49.9 Å². The minimum atomic E-state index is -1.09. The first-order chi connectivity index (χ1) is 13.7. The number of hydrogen-bond donors (Lipinski definition) is 4. The van der Waals surface area contributed by atoms with Gasteiger partial charge in [-0.15, -0.1) is 0 Å². The summed E-state index contributed by atoms with van der Waals surface area (Å²) in [7, 11) is 0. The van der Waals surface area contributed by atoms with Gasteiger partial charge in [0.2, 0.25) is 5.95 Å². The summed E-state index contributed by atoms with van der Waals surface area (Å²) in [5, 5.41) is 24.5. The number of halogens is 2. The van der Waals surface area contributed by atoms with Gasteiger partial charge in [0.05, 0.1) is 40.4 Å². The van der Waals surface area contributed by atoms with Gasteiger partial charge in [-0.05, 0) is 18.9 Å². The van der Waals surface area contributed by atoms with E-state index in [-0.39, 0.29) is 28.6 Å². The first-order valence-corrected chi connectivity index (χ1v) is 9.48. The topological polar surface area (TPSA) is 124 Å². The molecular weight excluding hydrogens is 403 g/mol. The van der Waals surface area contributed by atoms with Gasteiger partial charge < -0.3 is 25.7 Å². The van der Waals surface area contributed by atoms with Gasteiger partial charge >= 0.3 is 6.09 Å². The van der Waals surface area contributed by atoms with Crippen molar-refractivity contribution in [2.45, 2.75) is 25.5 Å². The van der Waals surface area contributed by atoms with Crippen LogP contribution in [0.4, 0.5) is 26.6 Å². The molecule has 2 fully saturated rings. The lowest BCUT2D eigenvalue weighted by Gasteiger charge is -2.24. The molecule has 4 atom stereocenters.